The minimum absolute atomic E-state index is 0.218. The summed E-state index contributed by atoms with van der Waals surface area (Å²) in [6.07, 6.45) is 0. The van der Waals surface area contributed by atoms with Crippen molar-refractivity contribution in [3.63, 3.8) is 0 Å². The molecule has 4 nitrogen and oxygen atoms in total. The highest BCUT2D eigenvalue weighted by Gasteiger charge is 2.22. The number of benzene rings is 3. The Morgan fingerprint density at radius 3 is 2.00 bits per heavy atom. The smallest absolute Gasteiger partial charge is 0.252 e. The summed E-state index contributed by atoms with van der Waals surface area (Å²) in [6.45, 7) is 0.517. The second kappa shape index (κ2) is 10.3. The van der Waals surface area contributed by atoms with Crippen LogP contribution >= 0.6 is 11.8 Å². The van der Waals surface area contributed by atoms with Gasteiger partial charge in [0.05, 0.1) is 0 Å². The number of thioether (sulfide) groups is 1. The van der Waals surface area contributed by atoms with Crippen molar-refractivity contribution in [3.05, 3.63) is 102 Å². The molecule has 3 aromatic carbocycles. The van der Waals surface area contributed by atoms with E-state index < -0.39 is 6.04 Å². The lowest BCUT2D eigenvalue weighted by atomic mass is 10.1. The number of rotatable bonds is 8. The average molecular weight is 391 g/mol. The van der Waals surface area contributed by atoms with Crippen LogP contribution in [0.25, 0.3) is 0 Å². The molecule has 1 unspecified atom stereocenters. The zero-order valence-corrected chi connectivity index (χ0v) is 16.2. The molecule has 142 valence electrons. The third kappa shape index (κ3) is 5.72. The number of nitrogens with one attached hydrogen (secondary N) is 2. The van der Waals surface area contributed by atoms with Crippen molar-refractivity contribution in [1.82, 2.24) is 10.6 Å². The molecule has 28 heavy (non-hydrogen) atoms. The predicted molar refractivity (Wildman–Crippen MR) is 113 cm³/mol. The molecule has 0 saturated carbocycles. The van der Waals surface area contributed by atoms with Gasteiger partial charge in [0.1, 0.15) is 6.04 Å². The molecule has 3 rings (SSSR count). The van der Waals surface area contributed by atoms with Gasteiger partial charge in [-0.1, -0.05) is 66.7 Å². The summed E-state index contributed by atoms with van der Waals surface area (Å²) in [5.74, 6) is 0.261. The molecule has 0 aliphatic rings. The fourth-order valence-corrected chi connectivity index (χ4v) is 3.50. The Bertz CT molecular complexity index is 886. The molecule has 0 aliphatic carbocycles. The van der Waals surface area contributed by atoms with Gasteiger partial charge in [-0.3, -0.25) is 9.59 Å². The van der Waals surface area contributed by atoms with Crippen LogP contribution in [0.2, 0.25) is 0 Å². The van der Waals surface area contributed by atoms with Crippen LogP contribution in [0.3, 0.4) is 0 Å². The van der Waals surface area contributed by atoms with Crippen molar-refractivity contribution in [1.29, 1.82) is 0 Å². The number of amides is 2. The van der Waals surface area contributed by atoms with E-state index in [2.05, 4.69) is 10.6 Å². The van der Waals surface area contributed by atoms with Gasteiger partial charge in [-0.2, -0.15) is 0 Å². The zero-order valence-electron chi connectivity index (χ0n) is 15.4. The molecule has 0 bridgehead atoms. The van der Waals surface area contributed by atoms with E-state index >= 15 is 0 Å². The SMILES string of the molecule is O=C(NC(C(=O)NCCSc1ccccc1)c1ccccc1)c1ccccc1. The van der Waals surface area contributed by atoms with E-state index in [1.807, 2.05) is 66.7 Å². The van der Waals surface area contributed by atoms with Crippen molar-refractivity contribution in [2.45, 2.75) is 10.9 Å². The molecule has 0 aromatic heterocycles. The molecule has 0 spiro atoms. The summed E-state index contributed by atoms with van der Waals surface area (Å²) in [5.41, 5.74) is 1.27. The molecule has 0 heterocycles. The van der Waals surface area contributed by atoms with Crippen LogP contribution in [0.5, 0.6) is 0 Å². The molecule has 2 N–H and O–H groups in total. The highest BCUT2D eigenvalue weighted by Crippen LogP contribution is 2.17. The van der Waals surface area contributed by atoms with Crippen molar-refractivity contribution in [2.75, 3.05) is 12.3 Å². The summed E-state index contributed by atoms with van der Waals surface area (Å²) in [5, 5.41) is 5.78. The van der Waals surface area contributed by atoms with Crippen LogP contribution in [0.1, 0.15) is 22.0 Å². The van der Waals surface area contributed by atoms with E-state index in [1.165, 1.54) is 0 Å². The van der Waals surface area contributed by atoms with Gasteiger partial charge in [-0.15, -0.1) is 11.8 Å². The Morgan fingerprint density at radius 2 is 1.36 bits per heavy atom. The molecular weight excluding hydrogens is 368 g/mol. The second-order valence-corrected chi connectivity index (χ2v) is 7.30. The van der Waals surface area contributed by atoms with E-state index in [4.69, 9.17) is 0 Å². The lowest BCUT2D eigenvalue weighted by Gasteiger charge is -2.19. The molecule has 3 aromatic rings. The van der Waals surface area contributed by atoms with Crippen LogP contribution in [-0.4, -0.2) is 24.1 Å². The highest BCUT2D eigenvalue weighted by molar-refractivity contribution is 7.99. The molecule has 0 radical (unpaired) electrons. The lowest BCUT2D eigenvalue weighted by Crippen LogP contribution is -2.41. The second-order valence-electron chi connectivity index (χ2n) is 6.14. The zero-order chi connectivity index (χ0) is 19.6. The number of carbonyl (C=O) groups is 2. The first kappa shape index (κ1) is 19.7. The first-order valence-corrected chi connectivity index (χ1v) is 10.1. The third-order valence-electron chi connectivity index (χ3n) is 4.12. The minimum atomic E-state index is -0.740. The van der Waals surface area contributed by atoms with Gasteiger partial charge in [0.15, 0.2) is 0 Å². The first-order valence-electron chi connectivity index (χ1n) is 9.10. The minimum Gasteiger partial charge on any atom is -0.353 e. The summed E-state index contributed by atoms with van der Waals surface area (Å²) in [7, 11) is 0. The average Bonchev–Trinajstić information content (AvgIpc) is 2.76. The topological polar surface area (TPSA) is 58.2 Å². The largest absolute Gasteiger partial charge is 0.353 e. The Hall–Kier alpha value is -3.05. The van der Waals surface area contributed by atoms with Gasteiger partial charge >= 0.3 is 0 Å². The van der Waals surface area contributed by atoms with Crippen LogP contribution in [0, 0.1) is 0 Å². The molecule has 0 fully saturated rings. The number of carbonyl (C=O) groups excluding carboxylic acids is 2. The van der Waals surface area contributed by atoms with Crippen molar-refractivity contribution in [2.24, 2.45) is 0 Å². The summed E-state index contributed by atoms with van der Waals surface area (Å²) < 4.78 is 0. The maximum Gasteiger partial charge on any atom is 0.252 e. The molecule has 1 atom stereocenters. The maximum absolute atomic E-state index is 12.8. The Kier molecular flexibility index (Phi) is 7.27. The van der Waals surface area contributed by atoms with Gasteiger partial charge in [0.2, 0.25) is 5.91 Å². The van der Waals surface area contributed by atoms with Gasteiger partial charge in [0, 0.05) is 22.8 Å². The quantitative estimate of drug-likeness (QED) is 0.450. The summed E-state index contributed by atoms with van der Waals surface area (Å²) in [4.78, 5) is 26.5. The summed E-state index contributed by atoms with van der Waals surface area (Å²) >= 11 is 1.68. The maximum atomic E-state index is 12.8. The number of hydrogen-bond donors (Lipinski definition) is 2. The van der Waals surface area contributed by atoms with E-state index in [0.717, 1.165) is 16.2 Å². The summed E-state index contributed by atoms with van der Waals surface area (Å²) in [6, 6.07) is 27.5. The van der Waals surface area contributed by atoms with Gasteiger partial charge in [-0.05, 0) is 29.8 Å². The van der Waals surface area contributed by atoms with Crippen LogP contribution < -0.4 is 10.6 Å². The van der Waals surface area contributed by atoms with E-state index in [0.29, 0.717) is 12.1 Å². The Labute approximate surface area is 169 Å². The van der Waals surface area contributed by atoms with Gasteiger partial charge in [-0.25, -0.2) is 0 Å². The van der Waals surface area contributed by atoms with Gasteiger partial charge in [0.25, 0.3) is 5.91 Å². The van der Waals surface area contributed by atoms with E-state index in [-0.39, 0.29) is 11.8 Å². The number of hydrogen-bond acceptors (Lipinski definition) is 3. The Balaban J connectivity index is 1.61. The van der Waals surface area contributed by atoms with E-state index in [9.17, 15) is 9.59 Å². The monoisotopic (exact) mass is 390 g/mol. The normalized spacial score (nSPS) is 11.4. The fourth-order valence-electron chi connectivity index (χ4n) is 2.71. The third-order valence-corrected chi connectivity index (χ3v) is 5.13. The van der Waals surface area contributed by atoms with Gasteiger partial charge < -0.3 is 10.6 Å². The van der Waals surface area contributed by atoms with Crippen molar-refractivity contribution >= 4 is 23.6 Å². The first-order chi connectivity index (χ1) is 13.7. The molecule has 0 aliphatic heterocycles. The standard InChI is InChI=1S/C23H22N2O2S/c26-22(19-12-6-2-7-13-19)25-21(18-10-4-1-5-11-18)23(27)24-16-17-28-20-14-8-3-9-15-20/h1-15,21H,16-17H2,(H,24,27)(H,25,26). The van der Waals surface area contributed by atoms with Crippen LogP contribution in [0.15, 0.2) is 95.9 Å². The Morgan fingerprint density at radius 1 is 0.786 bits per heavy atom. The lowest BCUT2D eigenvalue weighted by molar-refractivity contribution is -0.123. The molecule has 5 heteroatoms. The molecular formula is C23H22N2O2S. The van der Waals surface area contributed by atoms with Crippen molar-refractivity contribution < 1.29 is 9.59 Å². The predicted octanol–water partition coefficient (Wildman–Crippen LogP) is 4.07. The van der Waals surface area contributed by atoms with Crippen molar-refractivity contribution in [3.8, 4) is 0 Å². The molecule has 2 amide bonds. The fraction of sp³-hybridized carbons (Fsp3) is 0.130. The van der Waals surface area contributed by atoms with E-state index in [1.54, 1.807) is 36.0 Å². The van der Waals surface area contributed by atoms with Crippen LogP contribution in [0.4, 0.5) is 0 Å². The van der Waals surface area contributed by atoms with Crippen LogP contribution in [-0.2, 0) is 4.79 Å². The molecule has 0 saturated heterocycles. The highest BCUT2D eigenvalue weighted by atomic mass is 32.2.